The van der Waals surface area contributed by atoms with E-state index in [4.69, 9.17) is 28.4 Å². The lowest BCUT2D eigenvalue weighted by Crippen LogP contribution is -2.65. The van der Waals surface area contributed by atoms with Gasteiger partial charge < -0.3 is 64.2 Å². The molecule has 0 aromatic rings. The summed E-state index contributed by atoms with van der Waals surface area (Å²) in [6, 6.07) is 0. The maximum atomic E-state index is 11.2. The first kappa shape index (κ1) is 38.4. The molecule has 52 heavy (non-hydrogen) atoms. The van der Waals surface area contributed by atoms with E-state index in [1.807, 2.05) is 0 Å². The third-order valence-corrected chi connectivity index (χ3v) is 16.2. The molecule has 0 unspecified atom stereocenters. The van der Waals surface area contributed by atoms with Crippen LogP contribution in [0.3, 0.4) is 0 Å². The first-order valence-electron chi connectivity index (χ1n) is 20.3. The summed E-state index contributed by atoms with van der Waals surface area (Å²) in [5.74, 6) is 3.63. The van der Waals surface area contributed by atoms with Crippen LogP contribution in [-0.2, 0) is 28.4 Å². The maximum absolute atomic E-state index is 11.2. The van der Waals surface area contributed by atoms with Crippen molar-refractivity contribution < 1.29 is 64.2 Å². The van der Waals surface area contributed by atoms with Crippen LogP contribution in [-0.4, -0.2) is 135 Å². The molecule has 13 heteroatoms. The molecule has 298 valence electrons. The van der Waals surface area contributed by atoms with E-state index in [1.165, 1.54) is 25.7 Å². The van der Waals surface area contributed by atoms with Gasteiger partial charge in [0.15, 0.2) is 18.4 Å². The molecule has 8 fully saturated rings. The number of hydrogen-bond acceptors (Lipinski definition) is 13. The van der Waals surface area contributed by atoms with Crippen molar-refractivity contribution in [3.8, 4) is 0 Å². The summed E-state index contributed by atoms with van der Waals surface area (Å²) in [4.78, 5) is 0. The fourth-order valence-corrected chi connectivity index (χ4v) is 13.2. The van der Waals surface area contributed by atoms with E-state index in [1.54, 1.807) is 0 Å². The summed E-state index contributed by atoms with van der Waals surface area (Å²) in [5, 5.41) is 72.8. The van der Waals surface area contributed by atoms with Gasteiger partial charge in [-0.2, -0.15) is 0 Å². The van der Waals surface area contributed by atoms with E-state index < -0.39 is 80.4 Å². The van der Waals surface area contributed by atoms with Gasteiger partial charge in [0, 0.05) is 12.3 Å². The number of ether oxygens (including phenoxy) is 6. The Kier molecular flexibility index (Phi) is 10.4. The lowest BCUT2D eigenvalue weighted by molar-refractivity contribution is -0.364. The number of hydrogen-bond donors (Lipinski definition) is 7. The molecule has 4 saturated heterocycles. The fraction of sp³-hybridized carbons (Fsp3) is 1.00. The number of fused-ring (bicyclic) bond motifs is 7. The molecule has 0 aromatic heterocycles. The first-order valence-corrected chi connectivity index (χ1v) is 20.3. The van der Waals surface area contributed by atoms with Gasteiger partial charge in [-0.25, -0.2) is 0 Å². The zero-order valence-electron chi connectivity index (χ0n) is 31.2. The monoisotopic (exact) mass is 740 g/mol. The second kappa shape index (κ2) is 14.1. The third-order valence-electron chi connectivity index (χ3n) is 16.2. The average Bonchev–Trinajstić information content (AvgIpc) is 3.58. The van der Waals surface area contributed by atoms with Crippen LogP contribution in [0.15, 0.2) is 0 Å². The van der Waals surface area contributed by atoms with Crippen LogP contribution < -0.4 is 0 Å². The van der Waals surface area contributed by atoms with Crippen LogP contribution in [0.2, 0.25) is 0 Å². The number of rotatable bonds is 6. The highest BCUT2D eigenvalue weighted by atomic mass is 16.7. The second-order valence-corrected chi connectivity index (χ2v) is 18.7. The lowest BCUT2D eigenvalue weighted by Gasteiger charge is -2.61. The van der Waals surface area contributed by atoms with Crippen molar-refractivity contribution in [1.29, 1.82) is 0 Å². The minimum Gasteiger partial charge on any atom is -0.394 e. The lowest BCUT2D eigenvalue weighted by atomic mass is 9.44. The van der Waals surface area contributed by atoms with Crippen LogP contribution in [0.1, 0.15) is 91.9 Å². The Morgan fingerprint density at radius 2 is 1.37 bits per heavy atom. The molecule has 0 aromatic carbocycles. The van der Waals surface area contributed by atoms with Crippen molar-refractivity contribution in [3.05, 3.63) is 0 Å². The predicted octanol–water partition coefficient (Wildman–Crippen LogP) is 1.44. The Bertz CT molecular complexity index is 1260. The van der Waals surface area contributed by atoms with Crippen LogP contribution in [0, 0.1) is 52.3 Å². The van der Waals surface area contributed by atoms with Gasteiger partial charge >= 0.3 is 0 Å². The van der Waals surface area contributed by atoms with Crippen LogP contribution in [0.5, 0.6) is 0 Å². The quantitative estimate of drug-likeness (QED) is 0.194. The topological polar surface area (TPSA) is 197 Å². The van der Waals surface area contributed by atoms with Gasteiger partial charge in [-0.15, -0.1) is 0 Å². The molecule has 4 aliphatic heterocycles. The van der Waals surface area contributed by atoms with Crippen LogP contribution in [0.4, 0.5) is 0 Å². The van der Waals surface area contributed by atoms with Crippen molar-refractivity contribution in [1.82, 2.24) is 0 Å². The van der Waals surface area contributed by atoms with Crippen LogP contribution >= 0.6 is 0 Å². The van der Waals surface area contributed by atoms with Gasteiger partial charge in [0.05, 0.1) is 32.0 Å². The smallest absolute Gasteiger partial charge is 0.187 e. The summed E-state index contributed by atoms with van der Waals surface area (Å²) in [6.07, 6.45) is -3.66. The van der Waals surface area contributed by atoms with Crippen molar-refractivity contribution in [3.63, 3.8) is 0 Å². The highest BCUT2D eigenvalue weighted by molar-refractivity contribution is 5.15. The SMILES string of the molecule is C[C@@H]1CC[C@@]2(OC1)O[C@H]1C[C@H]3[C@@H]4CC[C@H]5C[C@@H](O[C@@H]6O[C@H](CO)[C@@H](O[C@@H]7O[C@H](CO)[C@@H](O)[C@H](O)[C@H]7O)[C@H](O)[C@H]6O)CC[C@]5(C)[C@H]4CC[C@]3(C)[C@H]1[C@@H]2C. The van der Waals surface area contributed by atoms with E-state index >= 15 is 0 Å². The minimum atomic E-state index is -1.71. The van der Waals surface area contributed by atoms with Crippen molar-refractivity contribution >= 4 is 0 Å². The molecular formula is C39H64O13. The first-order chi connectivity index (χ1) is 24.7. The molecule has 22 atom stereocenters. The number of aliphatic hydroxyl groups is 7. The minimum absolute atomic E-state index is 0.188. The van der Waals surface area contributed by atoms with E-state index in [0.717, 1.165) is 45.1 Å². The molecule has 4 heterocycles. The summed E-state index contributed by atoms with van der Waals surface area (Å²) in [6.45, 7) is 9.33. The highest BCUT2D eigenvalue weighted by Gasteiger charge is 2.69. The van der Waals surface area contributed by atoms with Gasteiger partial charge in [-0.1, -0.05) is 27.7 Å². The summed E-state index contributed by atoms with van der Waals surface area (Å²) in [7, 11) is 0. The molecule has 8 rings (SSSR count). The standard InChI is InChI=1S/C39H64O13/c1-18-7-12-39(47-17-18)19(2)28-25(52-39)14-24-22-6-5-20-13-21(8-10-37(20,3)23(22)9-11-38(24,28)4)48-35-33(46)31(44)34(27(16-41)50-35)51-36-32(45)30(43)29(42)26(15-40)49-36/h18-36,40-46H,5-17H2,1-4H3/t18-,19+,20+,21+,22-,23+,24+,25+,26-,27-,28+,29-,30+,31-,32-,33-,34-,35-,36+,37+,38+,39-/m1/s1. The Hall–Kier alpha value is -0.520. The molecule has 4 aliphatic carbocycles. The molecule has 4 saturated carbocycles. The van der Waals surface area contributed by atoms with Crippen molar-refractivity contribution in [2.45, 2.75) is 171 Å². The third kappa shape index (κ3) is 5.98. The average molecular weight is 741 g/mol. The van der Waals surface area contributed by atoms with E-state index in [9.17, 15) is 35.7 Å². The van der Waals surface area contributed by atoms with Gasteiger partial charge in [-0.3, -0.25) is 0 Å². The molecule has 13 nitrogen and oxygen atoms in total. The van der Waals surface area contributed by atoms with Gasteiger partial charge in [0.2, 0.25) is 0 Å². The molecule has 0 amide bonds. The Balaban J connectivity index is 0.892. The molecule has 0 bridgehead atoms. The Morgan fingerprint density at radius 1 is 0.673 bits per heavy atom. The summed E-state index contributed by atoms with van der Waals surface area (Å²) < 4.78 is 37.0. The molecule has 1 spiro atoms. The van der Waals surface area contributed by atoms with Gasteiger partial charge in [-0.05, 0) is 104 Å². The highest BCUT2D eigenvalue weighted by Crippen LogP contribution is 2.71. The predicted molar refractivity (Wildman–Crippen MR) is 183 cm³/mol. The molecule has 7 N–H and O–H groups in total. The van der Waals surface area contributed by atoms with E-state index in [2.05, 4.69) is 27.7 Å². The molecule has 8 aliphatic rings. The number of aliphatic hydroxyl groups excluding tert-OH is 7. The summed E-state index contributed by atoms with van der Waals surface area (Å²) in [5.41, 5.74) is 0.468. The second-order valence-electron chi connectivity index (χ2n) is 18.7. The van der Waals surface area contributed by atoms with Crippen molar-refractivity contribution in [2.24, 2.45) is 52.3 Å². The Morgan fingerprint density at radius 3 is 2.08 bits per heavy atom. The largest absolute Gasteiger partial charge is 0.394 e. The summed E-state index contributed by atoms with van der Waals surface area (Å²) >= 11 is 0. The van der Waals surface area contributed by atoms with E-state index in [0.29, 0.717) is 41.4 Å². The normalized spacial score (nSPS) is 59.0. The van der Waals surface area contributed by atoms with E-state index in [-0.39, 0.29) is 23.0 Å². The maximum Gasteiger partial charge on any atom is 0.187 e. The zero-order chi connectivity index (χ0) is 36.9. The van der Waals surface area contributed by atoms with Gasteiger partial charge in [0.25, 0.3) is 0 Å². The molecule has 0 radical (unpaired) electrons. The van der Waals surface area contributed by atoms with Crippen LogP contribution in [0.25, 0.3) is 0 Å². The van der Waals surface area contributed by atoms with Crippen molar-refractivity contribution in [2.75, 3.05) is 19.8 Å². The molecular weight excluding hydrogens is 676 g/mol. The Labute approximate surface area is 307 Å². The van der Waals surface area contributed by atoms with Gasteiger partial charge in [0.1, 0.15) is 48.8 Å². The fourth-order valence-electron chi connectivity index (χ4n) is 13.2. The zero-order valence-corrected chi connectivity index (χ0v) is 31.2.